The summed E-state index contributed by atoms with van der Waals surface area (Å²) in [4.78, 5) is 2.57. The van der Waals surface area contributed by atoms with Gasteiger partial charge in [-0.25, -0.2) is 0 Å². The van der Waals surface area contributed by atoms with E-state index in [1.807, 2.05) is 0 Å². The van der Waals surface area contributed by atoms with Crippen molar-refractivity contribution in [1.82, 2.24) is 4.90 Å². The Hall–Kier alpha value is -2.81. The molecule has 0 N–H and O–H groups in total. The molecule has 3 aromatic carbocycles. The molecular weight excluding hydrogens is 402 g/mol. The van der Waals surface area contributed by atoms with Crippen LogP contribution in [0, 0.1) is 0 Å². The average Bonchev–Trinajstić information content (AvgIpc) is 2.97. The molecule has 1 fully saturated rings. The molecule has 5 rings (SSSR count). The fourth-order valence-corrected chi connectivity index (χ4v) is 4.67. The highest BCUT2D eigenvalue weighted by atomic mass is 35.5. The number of likely N-dealkylation sites (tertiary alicyclic amines) is 1. The van der Waals surface area contributed by atoms with Gasteiger partial charge in [0.15, 0.2) is 0 Å². The van der Waals surface area contributed by atoms with Gasteiger partial charge in [0, 0.05) is 19.6 Å². The van der Waals surface area contributed by atoms with Crippen LogP contribution in [0.1, 0.15) is 40.7 Å². The van der Waals surface area contributed by atoms with E-state index >= 15 is 0 Å². The van der Waals surface area contributed by atoms with Crippen molar-refractivity contribution in [2.75, 3.05) is 20.2 Å². The standard InChI is InChI=1S/C28H27NO.ClH/c1-30-25-14-10-21(11-15-25)20-29-18-16-24(17-19-29)28-26-8-4-2-6-22(26)12-13-23-7-3-5-9-27(23)28;/h2-15H,16-20H2,1H3;1H. The number of hydrogen-bond acceptors (Lipinski definition) is 2. The van der Waals surface area contributed by atoms with Gasteiger partial charge in [0.2, 0.25) is 0 Å². The summed E-state index contributed by atoms with van der Waals surface area (Å²) in [5, 5.41) is 0. The first-order chi connectivity index (χ1) is 14.8. The summed E-state index contributed by atoms with van der Waals surface area (Å²) in [7, 11) is 1.72. The number of halogens is 1. The molecule has 1 heterocycles. The molecule has 2 aliphatic rings. The number of rotatable bonds is 3. The van der Waals surface area contributed by atoms with Gasteiger partial charge in [-0.15, -0.1) is 12.4 Å². The maximum atomic E-state index is 5.28. The number of nitrogens with zero attached hydrogens (tertiary/aromatic N) is 1. The van der Waals surface area contributed by atoms with Gasteiger partial charge in [-0.05, 0) is 58.4 Å². The number of methoxy groups -OCH3 is 1. The smallest absolute Gasteiger partial charge is 0.118 e. The molecule has 0 aromatic heterocycles. The SMILES string of the molecule is COc1ccc(CN2CCC(=C3c4ccccc4C=Cc4ccccc43)CC2)cc1.Cl. The minimum Gasteiger partial charge on any atom is -0.497 e. The average molecular weight is 430 g/mol. The lowest BCUT2D eigenvalue weighted by atomic mass is 9.86. The summed E-state index contributed by atoms with van der Waals surface area (Å²) in [6.45, 7) is 3.20. The van der Waals surface area contributed by atoms with Gasteiger partial charge in [-0.3, -0.25) is 4.90 Å². The van der Waals surface area contributed by atoms with Gasteiger partial charge in [0.05, 0.1) is 7.11 Å². The third-order valence-electron chi connectivity index (χ3n) is 6.28. The first-order valence-corrected chi connectivity index (χ1v) is 10.8. The third kappa shape index (κ3) is 4.46. The van der Waals surface area contributed by atoms with Crippen molar-refractivity contribution in [2.45, 2.75) is 19.4 Å². The highest BCUT2D eigenvalue weighted by Gasteiger charge is 2.22. The fraction of sp³-hybridized carbons (Fsp3) is 0.214. The van der Waals surface area contributed by atoms with E-state index in [0.29, 0.717) is 0 Å². The Balaban J connectivity index is 0.00000231. The Morgan fingerprint density at radius 1 is 0.742 bits per heavy atom. The van der Waals surface area contributed by atoms with Crippen LogP contribution < -0.4 is 4.74 Å². The quantitative estimate of drug-likeness (QED) is 0.359. The monoisotopic (exact) mass is 429 g/mol. The molecule has 0 unspecified atom stereocenters. The first kappa shape index (κ1) is 21.4. The highest BCUT2D eigenvalue weighted by Crippen LogP contribution is 2.38. The molecule has 0 amide bonds. The summed E-state index contributed by atoms with van der Waals surface area (Å²) in [5.74, 6) is 0.920. The molecule has 0 saturated carbocycles. The van der Waals surface area contributed by atoms with Crippen molar-refractivity contribution in [3.05, 3.63) is 106 Å². The van der Waals surface area contributed by atoms with Crippen molar-refractivity contribution >= 4 is 30.1 Å². The topological polar surface area (TPSA) is 12.5 Å². The van der Waals surface area contributed by atoms with Crippen molar-refractivity contribution in [2.24, 2.45) is 0 Å². The first-order valence-electron chi connectivity index (χ1n) is 10.8. The molecule has 1 aliphatic heterocycles. The minimum absolute atomic E-state index is 0. The van der Waals surface area contributed by atoms with Crippen LogP contribution in [0.15, 0.2) is 78.4 Å². The Kier molecular flexibility index (Phi) is 6.60. The number of ether oxygens (including phenoxy) is 1. The lowest BCUT2D eigenvalue weighted by Gasteiger charge is -2.30. The molecule has 0 bridgehead atoms. The van der Waals surface area contributed by atoms with E-state index in [0.717, 1.165) is 38.2 Å². The molecule has 31 heavy (non-hydrogen) atoms. The van der Waals surface area contributed by atoms with E-state index in [1.165, 1.54) is 33.4 Å². The summed E-state index contributed by atoms with van der Waals surface area (Å²) in [6, 6.07) is 26.1. The largest absolute Gasteiger partial charge is 0.497 e. The Morgan fingerprint density at radius 3 is 1.84 bits per heavy atom. The molecule has 158 valence electrons. The summed E-state index contributed by atoms with van der Waals surface area (Å²) >= 11 is 0. The highest BCUT2D eigenvalue weighted by molar-refractivity contribution is 5.94. The predicted octanol–water partition coefficient (Wildman–Crippen LogP) is 6.70. The lowest BCUT2D eigenvalue weighted by molar-refractivity contribution is 0.248. The Bertz CT molecular complexity index is 1050. The van der Waals surface area contributed by atoms with Gasteiger partial charge < -0.3 is 4.74 Å². The van der Waals surface area contributed by atoms with Gasteiger partial charge in [-0.2, -0.15) is 0 Å². The van der Waals surface area contributed by atoms with Crippen LogP contribution in [0.3, 0.4) is 0 Å². The number of hydrogen-bond donors (Lipinski definition) is 0. The van der Waals surface area contributed by atoms with E-state index in [2.05, 4.69) is 89.8 Å². The summed E-state index contributed by atoms with van der Waals surface area (Å²) < 4.78 is 5.28. The molecular formula is C28H28ClNO. The number of benzene rings is 3. The second kappa shape index (κ2) is 9.55. The molecule has 1 saturated heterocycles. The van der Waals surface area contributed by atoms with Crippen LogP contribution in [0.4, 0.5) is 0 Å². The Morgan fingerprint density at radius 2 is 1.29 bits per heavy atom. The van der Waals surface area contributed by atoms with E-state index < -0.39 is 0 Å². The zero-order valence-electron chi connectivity index (χ0n) is 17.9. The van der Waals surface area contributed by atoms with Crippen LogP contribution in [0.25, 0.3) is 17.7 Å². The van der Waals surface area contributed by atoms with E-state index in [-0.39, 0.29) is 12.4 Å². The molecule has 0 atom stereocenters. The second-order valence-electron chi connectivity index (χ2n) is 8.11. The Labute approximate surface area is 191 Å². The molecule has 2 nitrogen and oxygen atoms in total. The molecule has 0 spiro atoms. The summed E-state index contributed by atoms with van der Waals surface area (Å²) in [6.07, 6.45) is 6.77. The molecule has 0 radical (unpaired) electrons. The maximum absolute atomic E-state index is 5.28. The van der Waals surface area contributed by atoms with Crippen molar-refractivity contribution < 1.29 is 4.74 Å². The van der Waals surface area contributed by atoms with E-state index in [9.17, 15) is 0 Å². The van der Waals surface area contributed by atoms with Gasteiger partial charge in [0.25, 0.3) is 0 Å². The van der Waals surface area contributed by atoms with Crippen LogP contribution in [-0.2, 0) is 6.54 Å². The van der Waals surface area contributed by atoms with Crippen LogP contribution in [0.5, 0.6) is 5.75 Å². The zero-order chi connectivity index (χ0) is 20.3. The van der Waals surface area contributed by atoms with Crippen LogP contribution >= 0.6 is 12.4 Å². The molecule has 3 heteroatoms. The van der Waals surface area contributed by atoms with Gasteiger partial charge in [-0.1, -0.05) is 78.4 Å². The van der Waals surface area contributed by atoms with Crippen molar-refractivity contribution in [3.63, 3.8) is 0 Å². The number of fused-ring (bicyclic) bond motifs is 2. The molecule has 1 aliphatic carbocycles. The lowest BCUT2D eigenvalue weighted by Crippen LogP contribution is -2.30. The zero-order valence-corrected chi connectivity index (χ0v) is 18.7. The van der Waals surface area contributed by atoms with E-state index in [4.69, 9.17) is 4.74 Å². The maximum Gasteiger partial charge on any atom is 0.118 e. The second-order valence-corrected chi connectivity index (χ2v) is 8.11. The fourth-order valence-electron chi connectivity index (χ4n) is 4.67. The minimum atomic E-state index is 0. The van der Waals surface area contributed by atoms with Crippen molar-refractivity contribution in [1.29, 1.82) is 0 Å². The van der Waals surface area contributed by atoms with Crippen LogP contribution in [-0.4, -0.2) is 25.1 Å². The third-order valence-corrected chi connectivity index (χ3v) is 6.28. The predicted molar refractivity (Wildman–Crippen MR) is 133 cm³/mol. The van der Waals surface area contributed by atoms with Crippen molar-refractivity contribution in [3.8, 4) is 5.75 Å². The van der Waals surface area contributed by atoms with Gasteiger partial charge >= 0.3 is 0 Å². The number of piperidine rings is 1. The molecule has 3 aromatic rings. The van der Waals surface area contributed by atoms with Gasteiger partial charge in [0.1, 0.15) is 5.75 Å². The summed E-state index contributed by atoms with van der Waals surface area (Å²) in [5.41, 5.74) is 9.77. The van der Waals surface area contributed by atoms with Crippen LogP contribution in [0.2, 0.25) is 0 Å². The normalized spacial score (nSPS) is 15.5. The van der Waals surface area contributed by atoms with E-state index in [1.54, 1.807) is 12.7 Å².